The van der Waals surface area contributed by atoms with Crippen LogP contribution in [0.15, 0.2) is 0 Å². The summed E-state index contributed by atoms with van der Waals surface area (Å²) in [4.78, 5) is 0. The van der Waals surface area contributed by atoms with Gasteiger partial charge in [-0.25, -0.2) is 35.3 Å². The summed E-state index contributed by atoms with van der Waals surface area (Å²) in [6, 6.07) is 0. The summed E-state index contributed by atoms with van der Waals surface area (Å²) in [6.07, 6.45) is -5.93. The van der Waals surface area contributed by atoms with E-state index in [1.807, 2.05) is 0 Å². The number of sulfone groups is 1. The van der Waals surface area contributed by atoms with Crippen LogP contribution in [-0.2, 0) is 35.4 Å². The van der Waals surface area contributed by atoms with Gasteiger partial charge in [-0.1, -0.05) is 10.4 Å². The molecule has 0 fully saturated rings. The number of aryl methyl sites for hydroxylation is 2. The molecule has 2 rings (SSSR count). The summed E-state index contributed by atoms with van der Waals surface area (Å²) in [6.45, 7) is 0. The van der Waals surface area contributed by atoms with Crippen LogP contribution in [0.25, 0.3) is 0 Å². The lowest BCUT2D eigenvalue weighted by molar-refractivity contribution is 0.139. The van der Waals surface area contributed by atoms with Gasteiger partial charge in [-0.3, -0.25) is 0 Å². The van der Waals surface area contributed by atoms with Crippen molar-refractivity contribution in [1.82, 2.24) is 30.0 Å². The molecule has 0 unspecified atom stereocenters. The highest BCUT2D eigenvalue weighted by Crippen LogP contribution is 2.25. The monoisotopic (exact) mass is 356 g/mol. The Balaban J connectivity index is 2.28. The smallest absolute Gasteiger partial charge is 0.246 e. The molecule has 0 N–H and O–H groups in total. The summed E-state index contributed by atoms with van der Waals surface area (Å²) >= 11 is 0. The van der Waals surface area contributed by atoms with E-state index in [-0.39, 0.29) is 0 Å². The first-order valence-corrected chi connectivity index (χ1v) is 7.98. The van der Waals surface area contributed by atoms with E-state index in [9.17, 15) is 26.0 Å². The number of alkyl halides is 4. The van der Waals surface area contributed by atoms with E-state index in [1.165, 1.54) is 14.1 Å². The molecule has 8 nitrogen and oxygen atoms in total. The molecule has 0 spiro atoms. The minimum Gasteiger partial charge on any atom is -0.246 e. The first-order chi connectivity index (χ1) is 10.6. The second-order valence-corrected chi connectivity index (χ2v) is 6.79. The Labute approximate surface area is 128 Å². The number of hydrogen-bond acceptors (Lipinski definition) is 6. The standard InChI is InChI=1S/C10H12F4N6O2S/c1-19-7(9(11)12)5(15-17-19)3-23(21,22)4-6-8(10(13)14)20(2)18-16-6/h9-10H,3-4H2,1-2H3. The molecule has 2 aromatic heterocycles. The maximum Gasteiger partial charge on any atom is 0.281 e. The third kappa shape index (κ3) is 3.65. The van der Waals surface area contributed by atoms with Gasteiger partial charge in [-0.05, 0) is 0 Å². The molecule has 0 saturated heterocycles. The fourth-order valence-corrected chi connectivity index (χ4v) is 3.37. The minimum atomic E-state index is -4.07. The Morgan fingerprint density at radius 2 is 1.22 bits per heavy atom. The zero-order valence-corrected chi connectivity index (χ0v) is 12.8. The molecule has 0 saturated carbocycles. The summed E-state index contributed by atoms with van der Waals surface area (Å²) in [5.41, 5.74) is -2.13. The Morgan fingerprint density at radius 1 is 0.870 bits per heavy atom. The highest BCUT2D eigenvalue weighted by Gasteiger charge is 2.28. The van der Waals surface area contributed by atoms with Crippen molar-refractivity contribution in [3.8, 4) is 0 Å². The van der Waals surface area contributed by atoms with E-state index in [4.69, 9.17) is 0 Å². The average Bonchev–Trinajstić information content (AvgIpc) is 2.92. The van der Waals surface area contributed by atoms with Gasteiger partial charge in [0.05, 0.1) is 11.5 Å². The molecular formula is C10H12F4N6O2S. The highest BCUT2D eigenvalue weighted by molar-refractivity contribution is 7.89. The second kappa shape index (κ2) is 6.22. The van der Waals surface area contributed by atoms with Gasteiger partial charge in [-0.15, -0.1) is 10.2 Å². The third-order valence-corrected chi connectivity index (χ3v) is 4.44. The van der Waals surface area contributed by atoms with Crippen LogP contribution < -0.4 is 0 Å². The van der Waals surface area contributed by atoms with Crippen molar-refractivity contribution in [2.24, 2.45) is 14.1 Å². The Morgan fingerprint density at radius 3 is 1.52 bits per heavy atom. The molecule has 0 aliphatic heterocycles. The first-order valence-electron chi connectivity index (χ1n) is 6.16. The van der Waals surface area contributed by atoms with Crippen molar-refractivity contribution in [3.63, 3.8) is 0 Å². The van der Waals surface area contributed by atoms with E-state index in [0.717, 1.165) is 9.36 Å². The van der Waals surface area contributed by atoms with Gasteiger partial charge >= 0.3 is 0 Å². The summed E-state index contributed by atoms with van der Waals surface area (Å²) in [7, 11) is -1.68. The molecule has 0 aromatic carbocycles. The Bertz CT molecular complexity index is 740. The lowest BCUT2D eigenvalue weighted by Crippen LogP contribution is -2.12. The van der Waals surface area contributed by atoms with Crippen molar-refractivity contribution in [3.05, 3.63) is 22.8 Å². The maximum atomic E-state index is 12.9. The molecule has 2 aromatic rings. The van der Waals surface area contributed by atoms with Gasteiger partial charge in [0.2, 0.25) is 0 Å². The van der Waals surface area contributed by atoms with Crippen molar-refractivity contribution < 1.29 is 26.0 Å². The van der Waals surface area contributed by atoms with Gasteiger partial charge in [0.25, 0.3) is 12.9 Å². The Hall–Kier alpha value is -2.05. The van der Waals surface area contributed by atoms with Gasteiger partial charge in [0.1, 0.15) is 22.8 Å². The number of halogens is 4. The fraction of sp³-hybridized carbons (Fsp3) is 0.600. The number of aromatic nitrogens is 6. The van der Waals surface area contributed by atoms with Crippen molar-refractivity contribution in [2.45, 2.75) is 24.4 Å². The third-order valence-electron chi connectivity index (χ3n) is 3.01. The van der Waals surface area contributed by atoms with Crippen LogP contribution in [-0.4, -0.2) is 38.4 Å². The van der Waals surface area contributed by atoms with Crippen LogP contribution in [0.5, 0.6) is 0 Å². The van der Waals surface area contributed by atoms with E-state index in [1.54, 1.807) is 0 Å². The van der Waals surface area contributed by atoms with Crippen LogP contribution >= 0.6 is 0 Å². The maximum absolute atomic E-state index is 12.9. The first kappa shape index (κ1) is 17.3. The SMILES string of the molecule is Cn1nnc(CS(=O)(=O)Cc2nnn(C)c2C(F)F)c1C(F)F. The van der Waals surface area contributed by atoms with Crippen molar-refractivity contribution in [2.75, 3.05) is 0 Å². The fourth-order valence-electron chi connectivity index (χ4n) is 2.02. The molecule has 0 amide bonds. The molecule has 13 heteroatoms. The predicted octanol–water partition coefficient (Wildman–Crippen LogP) is 0.934. The molecule has 0 aliphatic rings. The summed E-state index contributed by atoms with van der Waals surface area (Å²) < 4.78 is 77.2. The van der Waals surface area contributed by atoms with E-state index in [2.05, 4.69) is 20.6 Å². The molecular weight excluding hydrogens is 344 g/mol. The van der Waals surface area contributed by atoms with Crippen LogP contribution in [0.1, 0.15) is 35.6 Å². The molecule has 0 bridgehead atoms. The Kier molecular flexibility index (Phi) is 4.68. The highest BCUT2D eigenvalue weighted by atomic mass is 32.2. The predicted molar refractivity (Wildman–Crippen MR) is 68.2 cm³/mol. The quantitative estimate of drug-likeness (QED) is 0.715. The van der Waals surface area contributed by atoms with Crippen LogP contribution in [0.3, 0.4) is 0 Å². The molecule has 0 radical (unpaired) electrons. The van der Waals surface area contributed by atoms with Gasteiger partial charge < -0.3 is 0 Å². The molecule has 128 valence electrons. The van der Waals surface area contributed by atoms with Crippen LogP contribution in [0.4, 0.5) is 17.6 Å². The van der Waals surface area contributed by atoms with E-state index >= 15 is 0 Å². The van der Waals surface area contributed by atoms with E-state index < -0.39 is 57.0 Å². The normalized spacial score (nSPS) is 12.5. The molecule has 2 heterocycles. The zero-order valence-electron chi connectivity index (χ0n) is 12.0. The molecule has 23 heavy (non-hydrogen) atoms. The van der Waals surface area contributed by atoms with Gasteiger partial charge in [-0.2, -0.15) is 0 Å². The van der Waals surface area contributed by atoms with Crippen molar-refractivity contribution >= 4 is 9.84 Å². The summed E-state index contributed by atoms with van der Waals surface area (Å²) in [5, 5.41) is 13.5. The van der Waals surface area contributed by atoms with Gasteiger partial charge in [0.15, 0.2) is 9.84 Å². The minimum absolute atomic E-state index is 0.426. The average molecular weight is 356 g/mol. The van der Waals surface area contributed by atoms with E-state index in [0.29, 0.717) is 0 Å². The lowest BCUT2D eigenvalue weighted by Gasteiger charge is -2.05. The number of hydrogen-bond donors (Lipinski definition) is 0. The number of rotatable bonds is 6. The van der Waals surface area contributed by atoms with Crippen LogP contribution in [0, 0.1) is 0 Å². The molecule has 0 atom stereocenters. The van der Waals surface area contributed by atoms with Crippen molar-refractivity contribution in [1.29, 1.82) is 0 Å². The number of nitrogens with zero attached hydrogens (tertiary/aromatic N) is 6. The topological polar surface area (TPSA) is 95.6 Å². The second-order valence-electron chi connectivity index (χ2n) is 4.72. The van der Waals surface area contributed by atoms with Crippen LogP contribution in [0.2, 0.25) is 0 Å². The summed E-state index contributed by atoms with van der Waals surface area (Å²) in [5.74, 6) is -1.72. The zero-order chi connectivity index (χ0) is 17.4. The van der Waals surface area contributed by atoms with Gasteiger partial charge in [0, 0.05) is 14.1 Å². The largest absolute Gasteiger partial charge is 0.281 e. The molecule has 0 aliphatic carbocycles. The lowest BCUT2D eigenvalue weighted by atomic mass is 10.3.